The van der Waals surface area contributed by atoms with Gasteiger partial charge >= 0.3 is 0 Å². The van der Waals surface area contributed by atoms with Crippen molar-refractivity contribution in [1.29, 1.82) is 5.41 Å². The number of allylic oxidation sites excluding steroid dienone is 1. The molecule has 2 aliphatic carbocycles. The number of amides is 1. The summed E-state index contributed by atoms with van der Waals surface area (Å²) in [5, 5.41) is 20.1. The van der Waals surface area contributed by atoms with E-state index < -0.39 is 0 Å². The maximum absolute atomic E-state index is 12.4. The number of aryl methyl sites for hydroxylation is 1. The molecule has 0 aromatic carbocycles. The number of fused-ring (bicyclic) bond motifs is 1. The predicted molar refractivity (Wildman–Crippen MR) is 123 cm³/mol. The summed E-state index contributed by atoms with van der Waals surface area (Å²) in [5.41, 5.74) is 9.89. The van der Waals surface area contributed by atoms with Crippen molar-refractivity contribution < 1.29 is 4.79 Å². The molecule has 3 aliphatic rings. The number of aromatic nitrogens is 2. The molecule has 0 bridgehead atoms. The Hall–Kier alpha value is -2.32. The highest BCUT2D eigenvalue weighted by molar-refractivity contribution is 8.15. The average Bonchev–Trinajstić information content (AvgIpc) is 3.23. The Morgan fingerprint density at radius 2 is 2.23 bits per heavy atom. The number of nitrogens with two attached hydrogens (primary N) is 1. The van der Waals surface area contributed by atoms with Crippen molar-refractivity contribution in [2.45, 2.75) is 56.5 Å². The molecule has 4 rings (SSSR count). The Kier molecular flexibility index (Phi) is 5.40. The van der Waals surface area contributed by atoms with Crippen LogP contribution < -0.4 is 16.4 Å². The minimum atomic E-state index is -0.115. The van der Waals surface area contributed by atoms with E-state index in [-0.39, 0.29) is 23.4 Å². The van der Waals surface area contributed by atoms with Gasteiger partial charge in [0, 0.05) is 30.7 Å². The Morgan fingerprint density at radius 1 is 1.50 bits per heavy atom. The number of hydrogen-bond donors (Lipinski definition) is 4. The number of thioether (sulfide) groups is 1. The SMILES string of the molecule is C/C(=C1/C(=N)Sc2c1nn(C)c2NCC1=CCC(C(=O)NC2(C)CC2)C=C1)C(C)N. The molecule has 2 atom stereocenters. The van der Waals surface area contributed by atoms with Crippen molar-refractivity contribution >= 4 is 34.1 Å². The highest BCUT2D eigenvalue weighted by Crippen LogP contribution is 2.46. The van der Waals surface area contributed by atoms with E-state index in [1.807, 2.05) is 37.7 Å². The molecule has 0 saturated heterocycles. The standard InChI is InChI=1S/C22H30N6OS/c1-12(13(2)23)16-17-18(30-19(16)24)20(28(4)27-17)25-11-14-5-7-15(8-6-14)21(29)26-22(3)9-10-22/h5-7,13,15,24-25H,8-11,23H2,1-4H3,(H,26,29)/b16-12-,24-19?. The van der Waals surface area contributed by atoms with Crippen LogP contribution in [0.5, 0.6) is 0 Å². The number of nitrogens with zero attached hydrogens (tertiary/aromatic N) is 2. The molecule has 0 radical (unpaired) electrons. The van der Waals surface area contributed by atoms with Crippen LogP contribution in [0, 0.1) is 11.3 Å². The number of anilines is 1. The van der Waals surface area contributed by atoms with Gasteiger partial charge in [-0.05, 0) is 51.2 Å². The zero-order chi connectivity index (χ0) is 21.6. The molecule has 160 valence electrons. The molecule has 1 aromatic rings. The molecule has 7 nitrogen and oxygen atoms in total. The van der Waals surface area contributed by atoms with Crippen molar-refractivity contribution in [2.75, 3.05) is 11.9 Å². The predicted octanol–water partition coefficient (Wildman–Crippen LogP) is 3.21. The molecular weight excluding hydrogens is 396 g/mol. The van der Waals surface area contributed by atoms with Gasteiger partial charge in [-0.3, -0.25) is 14.9 Å². The van der Waals surface area contributed by atoms with Crippen LogP contribution in [0.25, 0.3) is 5.57 Å². The molecule has 2 unspecified atom stereocenters. The van der Waals surface area contributed by atoms with Crippen LogP contribution in [0.1, 0.15) is 45.7 Å². The molecule has 2 heterocycles. The van der Waals surface area contributed by atoms with Gasteiger partial charge < -0.3 is 16.4 Å². The van der Waals surface area contributed by atoms with E-state index in [1.165, 1.54) is 11.8 Å². The lowest BCUT2D eigenvalue weighted by molar-refractivity contribution is -0.124. The number of hydrogen-bond acceptors (Lipinski definition) is 6. The second-order valence-corrected chi connectivity index (χ2v) is 9.83. The molecule has 1 fully saturated rings. The van der Waals surface area contributed by atoms with Crippen LogP contribution in [-0.4, -0.2) is 38.9 Å². The van der Waals surface area contributed by atoms with Crippen molar-refractivity contribution in [2.24, 2.45) is 18.7 Å². The Balaban J connectivity index is 1.42. The largest absolute Gasteiger partial charge is 0.365 e. The van der Waals surface area contributed by atoms with Gasteiger partial charge in [0.15, 0.2) is 0 Å². The first kappa shape index (κ1) is 20.9. The van der Waals surface area contributed by atoms with Gasteiger partial charge in [0.1, 0.15) is 16.6 Å². The second kappa shape index (κ2) is 7.74. The lowest BCUT2D eigenvalue weighted by atomic mass is 9.95. The monoisotopic (exact) mass is 426 g/mol. The van der Waals surface area contributed by atoms with Gasteiger partial charge in [0.05, 0.1) is 10.8 Å². The lowest BCUT2D eigenvalue weighted by Gasteiger charge is -2.19. The van der Waals surface area contributed by atoms with E-state index in [1.54, 1.807) is 0 Å². The van der Waals surface area contributed by atoms with Crippen LogP contribution in [0.4, 0.5) is 5.82 Å². The smallest absolute Gasteiger partial charge is 0.227 e. The molecule has 1 aromatic heterocycles. The third-order valence-corrected chi connectivity index (χ3v) is 7.15. The number of carbonyl (C=O) groups is 1. The van der Waals surface area contributed by atoms with E-state index in [0.29, 0.717) is 11.6 Å². The summed E-state index contributed by atoms with van der Waals surface area (Å²) in [6.07, 6.45) is 9.04. The summed E-state index contributed by atoms with van der Waals surface area (Å²) in [4.78, 5) is 13.4. The van der Waals surface area contributed by atoms with Crippen LogP contribution in [0.3, 0.4) is 0 Å². The number of carbonyl (C=O) groups excluding carboxylic acids is 1. The van der Waals surface area contributed by atoms with Gasteiger partial charge in [-0.1, -0.05) is 30.0 Å². The zero-order valence-corrected chi connectivity index (χ0v) is 18.8. The van der Waals surface area contributed by atoms with Crippen molar-refractivity contribution in [1.82, 2.24) is 15.1 Å². The van der Waals surface area contributed by atoms with Crippen LogP contribution in [0.2, 0.25) is 0 Å². The molecule has 5 N–H and O–H groups in total. The van der Waals surface area contributed by atoms with Crippen LogP contribution in [-0.2, 0) is 11.8 Å². The highest BCUT2D eigenvalue weighted by atomic mass is 32.2. The number of nitrogens with one attached hydrogen (secondary N) is 3. The molecule has 30 heavy (non-hydrogen) atoms. The molecule has 1 amide bonds. The first-order valence-corrected chi connectivity index (χ1v) is 11.2. The van der Waals surface area contributed by atoms with E-state index in [2.05, 4.69) is 28.7 Å². The third kappa shape index (κ3) is 3.98. The average molecular weight is 427 g/mol. The van der Waals surface area contributed by atoms with Crippen molar-refractivity contribution in [3.8, 4) is 0 Å². The fourth-order valence-corrected chi connectivity index (χ4v) is 4.80. The molecule has 1 saturated carbocycles. The fraction of sp³-hybridized carbons (Fsp3) is 0.500. The number of rotatable bonds is 6. The fourth-order valence-electron chi connectivity index (χ4n) is 3.69. The quantitative estimate of drug-likeness (QED) is 0.558. The van der Waals surface area contributed by atoms with E-state index >= 15 is 0 Å². The van der Waals surface area contributed by atoms with E-state index in [9.17, 15) is 4.79 Å². The Labute approximate surface area is 181 Å². The van der Waals surface area contributed by atoms with Crippen LogP contribution >= 0.6 is 11.8 Å². The van der Waals surface area contributed by atoms with E-state index in [0.717, 1.165) is 52.4 Å². The first-order valence-electron chi connectivity index (χ1n) is 10.4. The van der Waals surface area contributed by atoms with Crippen molar-refractivity contribution in [3.63, 3.8) is 0 Å². The molecular formula is C22H30N6OS. The summed E-state index contributed by atoms with van der Waals surface area (Å²) in [6.45, 7) is 6.65. The van der Waals surface area contributed by atoms with Crippen molar-refractivity contribution in [3.05, 3.63) is 35.1 Å². The summed E-state index contributed by atoms with van der Waals surface area (Å²) in [6, 6.07) is -0.115. The highest BCUT2D eigenvalue weighted by Gasteiger charge is 2.39. The Morgan fingerprint density at radius 3 is 2.83 bits per heavy atom. The summed E-state index contributed by atoms with van der Waals surface area (Å²) >= 11 is 1.43. The lowest BCUT2D eigenvalue weighted by Crippen LogP contribution is -2.38. The normalized spacial score (nSPS) is 24.2. The van der Waals surface area contributed by atoms with E-state index in [4.69, 9.17) is 11.1 Å². The minimum absolute atomic E-state index is 0.0229. The van der Waals surface area contributed by atoms with Crippen LogP contribution in [0.15, 0.2) is 34.3 Å². The summed E-state index contributed by atoms with van der Waals surface area (Å²) in [5.74, 6) is 0.942. The second-order valence-electron chi connectivity index (χ2n) is 8.81. The molecule has 8 heteroatoms. The van der Waals surface area contributed by atoms with Gasteiger partial charge in [-0.25, -0.2) is 0 Å². The maximum Gasteiger partial charge on any atom is 0.227 e. The topological polar surface area (TPSA) is 109 Å². The maximum atomic E-state index is 12.4. The van der Waals surface area contributed by atoms with Gasteiger partial charge in [0.2, 0.25) is 5.91 Å². The summed E-state index contributed by atoms with van der Waals surface area (Å²) < 4.78 is 1.83. The third-order valence-electron chi connectivity index (χ3n) is 6.15. The minimum Gasteiger partial charge on any atom is -0.365 e. The Bertz CT molecular complexity index is 996. The molecule has 0 spiro atoms. The van der Waals surface area contributed by atoms with Gasteiger partial charge in [-0.15, -0.1) is 0 Å². The van der Waals surface area contributed by atoms with Gasteiger partial charge in [0.25, 0.3) is 0 Å². The summed E-state index contributed by atoms with van der Waals surface area (Å²) in [7, 11) is 1.91. The zero-order valence-electron chi connectivity index (χ0n) is 18.0. The first-order chi connectivity index (χ1) is 14.2. The molecule has 1 aliphatic heterocycles. The van der Waals surface area contributed by atoms with Gasteiger partial charge in [-0.2, -0.15) is 5.10 Å².